The molecule has 2 aromatic carbocycles. The average Bonchev–Trinajstić information content (AvgIpc) is 2.71. The predicted octanol–water partition coefficient (Wildman–Crippen LogP) is 1.60. The molecule has 8 nitrogen and oxygen atoms in total. The zero-order valence-corrected chi connectivity index (χ0v) is 16.7. The van der Waals surface area contributed by atoms with E-state index in [2.05, 4.69) is 35.0 Å². The minimum Gasteiger partial charge on any atom is -0.473 e. The van der Waals surface area contributed by atoms with Gasteiger partial charge in [-0.1, -0.05) is 36.4 Å². The lowest BCUT2D eigenvalue weighted by Gasteiger charge is -2.33. The third kappa shape index (κ3) is 6.27. The van der Waals surface area contributed by atoms with Crippen LogP contribution in [0.25, 0.3) is 10.8 Å². The number of anilines is 1. The molecule has 0 unspecified atom stereocenters. The maximum absolute atomic E-state index is 12.8. The second kappa shape index (κ2) is 10.5. The maximum atomic E-state index is 12.8. The Hall–Kier alpha value is -2.97. The molecular formula is C21H27N3O5. The summed E-state index contributed by atoms with van der Waals surface area (Å²) in [7, 11) is 2.13. The minimum atomic E-state index is -1.82. The molecule has 29 heavy (non-hydrogen) atoms. The molecule has 0 atom stereocenters. The Labute approximate surface area is 169 Å². The van der Waals surface area contributed by atoms with Gasteiger partial charge in [-0.05, 0) is 25.4 Å². The number of nitrogens with zero attached hydrogens (tertiary/aromatic N) is 3. The number of amides is 1. The molecule has 2 N–H and O–H groups in total. The van der Waals surface area contributed by atoms with Gasteiger partial charge >= 0.3 is 11.9 Å². The molecule has 0 radical (unpaired) electrons. The van der Waals surface area contributed by atoms with Crippen LogP contribution in [0.3, 0.4) is 0 Å². The van der Waals surface area contributed by atoms with Gasteiger partial charge in [0, 0.05) is 38.1 Å². The molecule has 156 valence electrons. The molecule has 1 aliphatic rings. The van der Waals surface area contributed by atoms with Crippen molar-refractivity contribution in [3.05, 3.63) is 42.5 Å². The molecule has 0 saturated carbocycles. The van der Waals surface area contributed by atoms with Crippen LogP contribution in [-0.4, -0.2) is 84.2 Å². The monoisotopic (exact) mass is 401 g/mol. The molecule has 1 saturated heterocycles. The number of carboxylic acids is 2. The number of rotatable bonds is 4. The zero-order valence-electron chi connectivity index (χ0n) is 16.7. The topological polar surface area (TPSA) is 101 Å². The highest BCUT2D eigenvalue weighted by Gasteiger charge is 2.21. The Morgan fingerprint density at radius 3 is 2.10 bits per heavy atom. The van der Waals surface area contributed by atoms with E-state index in [-0.39, 0.29) is 5.91 Å². The van der Waals surface area contributed by atoms with Crippen LogP contribution in [0.15, 0.2) is 42.5 Å². The fourth-order valence-corrected chi connectivity index (χ4v) is 3.21. The third-order valence-electron chi connectivity index (χ3n) is 4.81. The van der Waals surface area contributed by atoms with Gasteiger partial charge < -0.3 is 20.0 Å². The fraction of sp³-hybridized carbons (Fsp3) is 0.381. The van der Waals surface area contributed by atoms with E-state index < -0.39 is 11.9 Å². The van der Waals surface area contributed by atoms with Crippen molar-refractivity contribution in [2.75, 3.05) is 51.2 Å². The molecule has 1 aliphatic heterocycles. The quantitative estimate of drug-likeness (QED) is 0.751. The SMILES string of the molecule is CCN(C(=O)CN1CCN(C)CC1)c1cccc2ccccc12.O=C(O)C(=O)O. The van der Waals surface area contributed by atoms with E-state index in [1.807, 2.05) is 36.1 Å². The van der Waals surface area contributed by atoms with Gasteiger partial charge in [-0.2, -0.15) is 0 Å². The van der Waals surface area contributed by atoms with Gasteiger partial charge in [-0.3, -0.25) is 9.69 Å². The first-order chi connectivity index (χ1) is 13.8. The van der Waals surface area contributed by atoms with E-state index in [1.165, 1.54) is 5.39 Å². The summed E-state index contributed by atoms with van der Waals surface area (Å²) in [4.78, 5) is 37.5. The maximum Gasteiger partial charge on any atom is 0.414 e. The van der Waals surface area contributed by atoms with Crippen molar-refractivity contribution in [2.24, 2.45) is 0 Å². The molecule has 1 fully saturated rings. The van der Waals surface area contributed by atoms with Gasteiger partial charge in [0.15, 0.2) is 0 Å². The lowest BCUT2D eigenvalue weighted by Crippen LogP contribution is -2.49. The number of hydrogen-bond acceptors (Lipinski definition) is 5. The van der Waals surface area contributed by atoms with Crippen LogP contribution < -0.4 is 4.90 Å². The van der Waals surface area contributed by atoms with E-state index in [9.17, 15) is 4.79 Å². The van der Waals surface area contributed by atoms with E-state index in [0.717, 1.165) is 37.3 Å². The second-order valence-electron chi connectivity index (χ2n) is 6.83. The Bertz CT molecular complexity index is 845. The zero-order chi connectivity index (χ0) is 21.4. The van der Waals surface area contributed by atoms with Crippen LogP contribution in [0.2, 0.25) is 0 Å². The van der Waals surface area contributed by atoms with E-state index in [0.29, 0.717) is 13.1 Å². The molecule has 1 heterocycles. The molecule has 3 rings (SSSR count). The van der Waals surface area contributed by atoms with Gasteiger partial charge in [0.2, 0.25) is 5.91 Å². The van der Waals surface area contributed by atoms with Crippen molar-refractivity contribution >= 4 is 34.3 Å². The summed E-state index contributed by atoms with van der Waals surface area (Å²) < 4.78 is 0. The molecule has 0 spiro atoms. The smallest absolute Gasteiger partial charge is 0.414 e. The van der Waals surface area contributed by atoms with Crippen LogP contribution >= 0.6 is 0 Å². The fourth-order valence-electron chi connectivity index (χ4n) is 3.21. The van der Waals surface area contributed by atoms with Crippen LogP contribution in [0.5, 0.6) is 0 Å². The lowest BCUT2D eigenvalue weighted by atomic mass is 10.1. The van der Waals surface area contributed by atoms with Crippen molar-refractivity contribution in [2.45, 2.75) is 6.92 Å². The Kier molecular flexibility index (Phi) is 8.11. The van der Waals surface area contributed by atoms with E-state index in [4.69, 9.17) is 19.8 Å². The standard InChI is InChI=1S/C19H25N3O.C2H2O4/c1-3-22(19(23)15-21-13-11-20(2)12-14-21)18-10-6-8-16-7-4-5-9-17(16)18;3-1(4)2(5)6/h4-10H,3,11-15H2,1-2H3;(H,3,4)(H,5,6). The highest BCUT2D eigenvalue weighted by Crippen LogP contribution is 2.26. The van der Waals surface area contributed by atoms with Gasteiger partial charge in [-0.25, -0.2) is 9.59 Å². The predicted molar refractivity (Wildman–Crippen MR) is 111 cm³/mol. The summed E-state index contributed by atoms with van der Waals surface area (Å²) in [5.41, 5.74) is 1.02. The molecule has 2 aromatic rings. The highest BCUT2D eigenvalue weighted by atomic mass is 16.4. The van der Waals surface area contributed by atoms with Crippen molar-refractivity contribution in [1.82, 2.24) is 9.80 Å². The van der Waals surface area contributed by atoms with Crippen molar-refractivity contribution in [3.8, 4) is 0 Å². The van der Waals surface area contributed by atoms with Gasteiger partial charge in [0.1, 0.15) is 0 Å². The van der Waals surface area contributed by atoms with Crippen LogP contribution in [0, 0.1) is 0 Å². The van der Waals surface area contributed by atoms with Crippen molar-refractivity contribution < 1.29 is 24.6 Å². The van der Waals surface area contributed by atoms with Gasteiger partial charge in [0.05, 0.1) is 12.2 Å². The Balaban J connectivity index is 0.000000438. The number of carbonyl (C=O) groups excluding carboxylic acids is 1. The normalized spacial score (nSPS) is 14.7. The third-order valence-corrected chi connectivity index (χ3v) is 4.81. The van der Waals surface area contributed by atoms with Crippen LogP contribution in [-0.2, 0) is 14.4 Å². The number of hydrogen-bond donors (Lipinski definition) is 2. The number of carboxylic acid groups (broad SMARTS) is 2. The number of piperazine rings is 1. The van der Waals surface area contributed by atoms with Crippen molar-refractivity contribution in [1.29, 1.82) is 0 Å². The number of aliphatic carboxylic acids is 2. The summed E-state index contributed by atoms with van der Waals surface area (Å²) in [6, 6.07) is 14.4. The summed E-state index contributed by atoms with van der Waals surface area (Å²) >= 11 is 0. The molecule has 0 aromatic heterocycles. The van der Waals surface area contributed by atoms with Crippen LogP contribution in [0.1, 0.15) is 6.92 Å². The van der Waals surface area contributed by atoms with Gasteiger partial charge in [-0.15, -0.1) is 0 Å². The van der Waals surface area contributed by atoms with E-state index in [1.54, 1.807) is 0 Å². The second-order valence-corrected chi connectivity index (χ2v) is 6.83. The summed E-state index contributed by atoms with van der Waals surface area (Å²) in [6.07, 6.45) is 0. The van der Waals surface area contributed by atoms with Crippen molar-refractivity contribution in [3.63, 3.8) is 0 Å². The molecule has 0 bridgehead atoms. The molecule has 8 heteroatoms. The first kappa shape index (κ1) is 22.3. The molecule has 1 amide bonds. The van der Waals surface area contributed by atoms with Crippen LogP contribution in [0.4, 0.5) is 5.69 Å². The Morgan fingerprint density at radius 1 is 0.931 bits per heavy atom. The molecule has 0 aliphatic carbocycles. The van der Waals surface area contributed by atoms with Gasteiger partial charge in [0.25, 0.3) is 0 Å². The average molecular weight is 401 g/mol. The summed E-state index contributed by atoms with van der Waals surface area (Å²) in [6.45, 7) is 7.25. The lowest BCUT2D eigenvalue weighted by molar-refractivity contribution is -0.159. The van der Waals surface area contributed by atoms with E-state index >= 15 is 0 Å². The Morgan fingerprint density at radius 2 is 1.52 bits per heavy atom. The number of carbonyl (C=O) groups is 3. The highest BCUT2D eigenvalue weighted by molar-refractivity contribution is 6.27. The first-order valence-corrected chi connectivity index (χ1v) is 9.48. The molecular weight excluding hydrogens is 374 g/mol. The summed E-state index contributed by atoms with van der Waals surface area (Å²) in [5, 5.41) is 17.1. The number of likely N-dealkylation sites (N-methyl/N-ethyl adjacent to an activating group) is 2. The largest absolute Gasteiger partial charge is 0.473 e. The minimum absolute atomic E-state index is 0.188. The first-order valence-electron chi connectivity index (χ1n) is 9.48. The summed E-state index contributed by atoms with van der Waals surface area (Å²) in [5.74, 6) is -3.46. The number of fused-ring (bicyclic) bond motifs is 1. The number of benzene rings is 2.